The average molecular weight is 288 g/mol. The Labute approximate surface area is 126 Å². The van der Waals surface area contributed by atoms with Crippen molar-refractivity contribution in [3.8, 4) is 0 Å². The van der Waals surface area contributed by atoms with E-state index in [9.17, 15) is 0 Å². The van der Waals surface area contributed by atoms with Gasteiger partial charge < -0.3 is 15.2 Å². The lowest BCUT2D eigenvalue weighted by atomic mass is 10.2. The highest BCUT2D eigenvalue weighted by Crippen LogP contribution is 2.20. The van der Waals surface area contributed by atoms with E-state index < -0.39 is 0 Å². The van der Waals surface area contributed by atoms with E-state index in [4.69, 9.17) is 0 Å². The maximum absolute atomic E-state index is 4.59. The van der Waals surface area contributed by atoms with Gasteiger partial charge in [0.05, 0.1) is 6.33 Å². The molecule has 0 amide bonds. The van der Waals surface area contributed by atoms with Gasteiger partial charge in [-0.15, -0.1) is 0 Å². The monoisotopic (exact) mass is 288 g/mol. The molecule has 0 bridgehead atoms. The second-order valence-electron chi connectivity index (χ2n) is 4.97. The summed E-state index contributed by atoms with van der Waals surface area (Å²) in [6.07, 6.45) is 7.48. The fourth-order valence-corrected chi connectivity index (χ4v) is 2.03. The van der Waals surface area contributed by atoms with Crippen molar-refractivity contribution in [2.24, 2.45) is 0 Å². The standard InChI is InChI=1S/C15H24N6/c1-4-6-17-14-12(3)15(20-13(5-2)19-14)18-8-10-21-9-7-16-11-21/h7,9,11H,4-6,8,10H2,1-3H3,(H2,17,18,19,20). The number of anilines is 2. The Kier molecular flexibility index (Phi) is 5.54. The van der Waals surface area contributed by atoms with Crippen molar-refractivity contribution < 1.29 is 0 Å². The summed E-state index contributed by atoms with van der Waals surface area (Å²) < 4.78 is 2.04. The molecule has 0 aliphatic heterocycles. The zero-order chi connectivity index (χ0) is 15.1. The van der Waals surface area contributed by atoms with Crippen LogP contribution in [0.5, 0.6) is 0 Å². The van der Waals surface area contributed by atoms with Gasteiger partial charge in [0, 0.05) is 44.0 Å². The molecule has 2 aromatic heterocycles. The molecule has 0 saturated heterocycles. The molecule has 2 aromatic rings. The zero-order valence-electron chi connectivity index (χ0n) is 13.1. The summed E-state index contributed by atoms with van der Waals surface area (Å²) in [5.41, 5.74) is 1.08. The molecule has 0 fully saturated rings. The highest BCUT2D eigenvalue weighted by Gasteiger charge is 2.09. The molecule has 6 nitrogen and oxygen atoms in total. The van der Waals surface area contributed by atoms with Crippen molar-refractivity contribution in [3.05, 3.63) is 30.1 Å². The molecule has 2 heterocycles. The molecule has 0 spiro atoms. The second kappa shape index (κ2) is 7.61. The first kappa shape index (κ1) is 15.3. The highest BCUT2D eigenvalue weighted by molar-refractivity contribution is 5.57. The molecule has 0 unspecified atom stereocenters. The van der Waals surface area contributed by atoms with E-state index in [0.717, 1.165) is 55.5 Å². The summed E-state index contributed by atoms with van der Waals surface area (Å²) >= 11 is 0. The maximum Gasteiger partial charge on any atom is 0.134 e. The van der Waals surface area contributed by atoms with Gasteiger partial charge in [-0.05, 0) is 13.3 Å². The van der Waals surface area contributed by atoms with E-state index >= 15 is 0 Å². The third-order valence-electron chi connectivity index (χ3n) is 3.27. The number of aromatic nitrogens is 4. The van der Waals surface area contributed by atoms with Crippen molar-refractivity contribution >= 4 is 11.6 Å². The van der Waals surface area contributed by atoms with Crippen LogP contribution in [-0.2, 0) is 13.0 Å². The molecule has 114 valence electrons. The predicted molar refractivity (Wildman–Crippen MR) is 85.6 cm³/mol. The lowest BCUT2D eigenvalue weighted by Gasteiger charge is -2.14. The largest absolute Gasteiger partial charge is 0.370 e. The summed E-state index contributed by atoms with van der Waals surface area (Å²) in [4.78, 5) is 13.2. The zero-order valence-corrected chi connectivity index (χ0v) is 13.1. The van der Waals surface area contributed by atoms with Crippen LogP contribution in [0.4, 0.5) is 11.6 Å². The van der Waals surface area contributed by atoms with Crippen LogP contribution < -0.4 is 10.6 Å². The van der Waals surface area contributed by atoms with Crippen molar-refractivity contribution in [1.29, 1.82) is 0 Å². The number of nitrogens with one attached hydrogen (secondary N) is 2. The van der Waals surface area contributed by atoms with Crippen LogP contribution in [0.2, 0.25) is 0 Å². The van der Waals surface area contributed by atoms with Gasteiger partial charge >= 0.3 is 0 Å². The van der Waals surface area contributed by atoms with Gasteiger partial charge in [0.15, 0.2) is 0 Å². The second-order valence-corrected chi connectivity index (χ2v) is 4.97. The Morgan fingerprint density at radius 1 is 1.10 bits per heavy atom. The molecule has 0 saturated carbocycles. The van der Waals surface area contributed by atoms with E-state index in [-0.39, 0.29) is 0 Å². The van der Waals surface area contributed by atoms with E-state index in [0.29, 0.717) is 0 Å². The van der Waals surface area contributed by atoms with Crippen LogP contribution >= 0.6 is 0 Å². The Morgan fingerprint density at radius 2 is 1.81 bits per heavy atom. The van der Waals surface area contributed by atoms with Crippen LogP contribution in [0.1, 0.15) is 31.7 Å². The van der Waals surface area contributed by atoms with E-state index in [1.807, 2.05) is 17.1 Å². The van der Waals surface area contributed by atoms with Crippen LogP contribution in [0.3, 0.4) is 0 Å². The quantitative estimate of drug-likeness (QED) is 0.781. The number of aryl methyl sites for hydroxylation is 1. The number of nitrogens with zero attached hydrogens (tertiary/aromatic N) is 4. The summed E-state index contributed by atoms with van der Waals surface area (Å²) in [5.74, 6) is 2.72. The normalized spacial score (nSPS) is 10.6. The first-order valence-electron chi connectivity index (χ1n) is 7.55. The van der Waals surface area contributed by atoms with Crippen molar-refractivity contribution in [2.75, 3.05) is 23.7 Å². The fraction of sp³-hybridized carbons (Fsp3) is 0.533. The van der Waals surface area contributed by atoms with Gasteiger partial charge in [-0.1, -0.05) is 13.8 Å². The van der Waals surface area contributed by atoms with Gasteiger partial charge in [0.25, 0.3) is 0 Å². The molecule has 2 N–H and O–H groups in total. The molecule has 0 aliphatic carbocycles. The van der Waals surface area contributed by atoms with Crippen LogP contribution in [0.25, 0.3) is 0 Å². The van der Waals surface area contributed by atoms with Gasteiger partial charge in [-0.2, -0.15) is 0 Å². The first-order chi connectivity index (χ1) is 10.2. The number of imidazole rings is 1. The van der Waals surface area contributed by atoms with Crippen LogP contribution in [0.15, 0.2) is 18.7 Å². The van der Waals surface area contributed by atoms with Crippen molar-refractivity contribution in [2.45, 2.75) is 40.2 Å². The number of hydrogen-bond acceptors (Lipinski definition) is 5. The molecule has 6 heteroatoms. The average Bonchev–Trinajstić information content (AvgIpc) is 3.01. The molecule has 2 rings (SSSR count). The van der Waals surface area contributed by atoms with Crippen LogP contribution in [-0.4, -0.2) is 32.6 Å². The first-order valence-corrected chi connectivity index (χ1v) is 7.55. The van der Waals surface area contributed by atoms with Gasteiger partial charge in [0.1, 0.15) is 17.5 Å². The fourth-order valence-electron chi connectivity index (χ4n) is 2.03. The Hall–Kier alpha value is -2.11. The Morgan fingerprint density at radius 3 is 2.38 bits per heavy atom. The summed E-state index contributed by atoms with van der Waals surface area (Å²) in [7, 11) is 0. The minimum atomic E-state index is 0.810. The smallest absolute Gasteiger partial charge is 0.134 e. The third-order valence-corrected chi connectivity index (χ3v) is 3.27. The number of hydrogen-bond donors (Lipinski definition) is 2. The van der Waals surface area contributed by atoms with E-state index in [1.165, 1.54) is 0 Å². The summed E-state index contributed by atoms with van der Waals surface area (Å²) in [6, 6.07) is 0. The molecule has 0 radical (unpaired) electrons. The lowest BCUT2D eigenvalue weighted by molar-refractivity contribution is 0.723. The molecule has 0 aromatic carbocycles. The van der Waals surface area contributed by atoms with Gasteiger partial charge in [-0.25, -0.2) is 15.0 Å². The van der Waals surface area contributed by atoms with E-state index in [2.05, 4.69) is 46.4 Å². The SMILES string of the molecule is CCCNc1nc(CC)nc(NCCn2ccnc2)c1C. The maximum atomic E-state index is 4.59. The predicted octanol–water partition coefficient (Wildman–Crippen LogP) is 2.48. The minimum absolute atomic E-state index is 0.810. The molecular weight excluding hydrogens is 264 g/mol. The summed E-state index contributed by atoms with van der Waals surface area (Å²) in [5, 5.41) is 6.78. The van der Waals surface area contributed by atoms with E-state index in [1.54, 1.807) is 6.20 Å². The number of rotatable bonds is 8. The highest BCUT2D eigenvalue weighted by atomic mass is 15.1. The van der Waals surface area contributed by atoms with Crippen molar-refractivity contribution in [1.82, 2.24) is 19.5 Å². The third kappa shape index (κ3) is 4.18. The summed E-state index contributed by atoms with van der Waals surface area (Å²) in [6.45, 7) is 8.87. The van der Waals surface area contributed by atoms with Crippen molar-refractivity contribution in [3.63, 3.8) is 0 Å². The molecule has 21 heavy (non-hydrogen) atoms. The Bertz CT molecular complexity index is 550. The molecule has 0 atom stereocenters. The lowest BCUT2D eigenvalue weighted by Crippen LogP contribution is -2.14. The molecular formula is C15H24N6. The molecule has 0 aliphatic rings. The van der Waals surface area contributed by atoms with Gasteiger partial charge in [-0.3, -0.25) is 0 Å². The van der Waals surface area contributed by atoms with Gasteiger partial charge in [0.2, 0.25) is 0 Å². The topological polar surface area (TPSA) is 67.7 Å². The minimum Gasteiger partial charge on any atom is -0.370 e. The Balaban J connectivity index is 2.05. The van der Waals surface area contributed by atoms with Crippen LogP contribution in [0, 0.1) is 6.92 Å².